The minimum Gasteiger partial charge on any atom is -0.354 e. The van der Waals surface area contributed by atoms with Crippen LogP contribution >= 0.6 is 11.3 Å². The van der Waals surface area contributed by atoms with Gasteiger partial charge in [-0.15, -0.1) is 11.3 Å². The van der Waals surface area contributed by atoms with Gasteiger partial charge in [-0.2, -0.15) is 0 Å². The van der Waals surface area contributed by atoms with Crippen molar-refractivity contribution in [1.29, 1.82) is 0 Å². The molecule has 1 aromatic heterocycles. The SMILES string of the molecule is CN(C)CCNC(=O)CNS(=O)(=O)c1cccs1. The molecule has 0 saturated heterocycles. The molecule has 0 unspecified atom stereocenters. The summed E-state index contributed by atoms with van der Waals surface area (Å²) in [5.41, 5.74) is 0. The molecule has 1 aromatic rings. The van der Waals surface area contributed by atoms with Crippen molar-refractivity contribution in [1.82, 2.24) is 14.9 Å². The molecule has 0 aliphatic heterocycles. The average Bonchev–Trinajstić information content (AvgIpc) is 2.80. The number of likely N-dealkylation sites (N-methyl/N-ethyl adjacent to an activating group) is 1. The van der Waals surface area contributed by atoms with Gasteiger partial charge in [0.25, 0.3) is 10.0 Å². The molecule has 8 heteroatoms. The Kier molecular flexibility index (Phi) is 5.73. The molecule has 0 spiro atoms. The van der Waals surface area contributed by atoms with Crippen LogP contribution in [0.1, 0.15) is 0 Å². The van der Waals surface area contributed by atoms with Gasteiger partial charge in [0.15, 0.2) is 0 Å². The quantitative estimate of drug-likeness (QED) is 0.723. The van der Waals surface area contributed by atoms with Crippen LogP contribution in [-0.2, 0) is 14.8 Å². The predicted octanol–water partition coefficient (Wildman–Crippen LogP) is -0.296. The van der Waals surface area contributed by atoms with Gasteiger partial charge in [-0.25, -0.2) is 13.1 Å². The first kappa shape index (κ1) is 15.1. The number of carbonyl (C=O) groups excluding carboxylic acids is 1. The first-order valence-corrected chi connectivity index (χ1v) is 7.73. The van der Waals surface area contributed by atoms with Crippen LogP contribution in [0.3, 0.4) is 0 Å². The fourth-order valence-corrected chi connectivity index (χ4v) is 3.15. The number of hydrogen-bond acceptors (Lipinski definition) is 5. The van der Waals surface area contributed by atoms with Crippen LogP contribution in [-0.4, -0.2) is 53.0 Å². The third kappa shape index (κ3) is 5.13. The Morgan fingerprint density at radius 1 is 1.44 bits per heavy atom. The van der Waals surface area contributed by atoms with Crippen LogP contribution in [0.15, 0.2) is 21.7 Å². The van der Waals surface area contributed by atoms with E-state index < -0.39 is 10.0 Å². The number of amides is 1. The topological polar surface area (TPSA) is 78.5 Å². The summed E-state index contributed by atoms with van der Waals surface area (Å²) in [7, 11) is 0.233. The van der Waals surface area contributed by atoms with E-state index in [0.29, 0.717) is 13.1 Å². The van der Waals surface area contributed by atoms with Gasteiger partial charge in [-0.05, 0) is 25.5 Å². The molecule has 1 heterocycles. The predicted molar refractivity (Wildman–Crippen MR) is 71.1 cm³/mol. The molecule has 1 amide bonds. The lowest BCUT2D eigenvalue weighted by Crippen LogP contribution is -2.39. The number of carbonyl (C=O) groups is 1. The molecule has 0 aromatic carbocycles. The van der Waals surface area contributed by atoms with E-state index in [4.69, 9.17) is 0 Å². The molecule has 0 bridgehead atoms. The Labute approximate surface area is 111 Å². The maximum Gasteiger partial charge on any atom is 0.250 e. The summed E-state index contributed by atoms with van der Waals surface area (Å²) in [5, 5.41) is 4.30. The van der Waals surface area contributed by atoms with Crippen LogP contribution in [0.25, 0.3) is 0 Å². The summed E-state index contributed by atoms with van der Waals surface area (Å²) in [6, 6.07) is 3.15. The van der Waals surface area contributed by atoms with E-state index in [1.807, 2.05) is 19.0 Å². The highest BCUT2D eigenvalue weighted by Crippen LogP contribution is 2.14. The number of thiophene rings is 1. The molecule has 0 aliphatic rings. The molecule has 0 aliphatic carbocycles. The van der Waals surface area contributed by atoms with Crippen LogP contribution in [0.2, 0.25) is 0 Å². The summed E-state index contributed by atoms with van der Waals surface area (Å²) in [6.07, 6.45) is 0. The fourth-order valence-electron chi connectivity index (χ4n) is 1.13. The second kappa shape index (κ2) is 6.83. The lowest BCUT2D eigenvalue weighted by Gasteiger charge is -2.10. The van der Waals surface area contributed by atoms with E-state index in [-0.39, 0.29) is 16.7 Å². The molecule has 102 valence electrons. The second-order valence-corrected chi connectivity index (χ2v) is 6.85. The molecule has 0 fully saturated rings. The van der Waals surface area contributed by atoms with Crippen molar-refractivity contribution in [3.05, 3.63) is 17.5 Å². The summed E-state index contributed by atoms with van der Waals surface area (Å²) in [4.78, 5) is 13.3. The van der Waals surface area contributed by atoms with Crippen molar-refractivity contribution in [2.24, 2.45) is 0 Å². The molecular weight excluding hydrogens is 274 g/mol. The van der Waals surface area contributed by atoms with Gasteiger partial charge < -0.3 is 10.2 Å². The average molecular weight is 291 g/mol. The number of rotatable bonds is 7. The largest absolute Gasteiger partial charge is 0.354 e. The van der Waals surface area contributed by atoms with E-state index in [2.05, 4.69) is 10.0 Å². The third-order valence-corrected chi connectivity index (χ3v) is 4.86. The van der Waals surface area contributed by atoms with Crippen LogP contribution in [0.5, 0.6) is 0 Å². The highest BCUT2D eigenvalue weighted by Gasteiger charge is 2.15. The van der Waals surface area contributed by atoms with Gasteiger partial charge in [0.05, 0.1) is 6.54 Å². The molecule has 0 atom stereocenters. The molecule has 0 saturated carbocycles. The van der Waals surface area contributed by atoms with Gasteiger partial charge >= 0.3 is 0 Å². The molecule has 6 nitrogen and oxygen atoms in total. The van der Waals surface area contributed by atoms with E-state index in [9.17, 15) is 13.2 Å². The zero-order valence-electron chi connectivity index (χ0n) is 10.3. The standard InChI is InChI=1S/C10H17N3O3S2/c1-13(2)6-5-11-9(14)8-12-18(15,16)10-4-3-7-17-10/h3-4,7,12H,5-6,8H2,1-2H3,(H,11,14). The van der Waals surface area contributed by atoms with Crippen LogP contribution < -0.4 is 10.0 Å². The highest BCUT2D eigenvalue weighted by molar-refractivity contribution is 7.91. The maximum absolute atomic E-state index is 11.7. The molecular formula is C10H17N3O3S2. The summed E-state index contributed by atoms with van der Waals surface area (Å²) in [6.45, 7) is 0.962. The first-order chi connectivity index (χ1) is 8.42. The van der Waals surface area contributed by atoms with E-state index >= 15 is 0 Å². The first-order valence-electron chi connectivity index (χ1n) is 5.36. The van der Waals surface area contributed by atoms with Gasteiger partial charge in [-0.1, -0.05) is 6.07 Å². The van der Waals surface area contributed by atoms with Gasteiger partial charge in [0, 0.05) is 13.1 Å². The number of sulfonamides is 1. The highest BCUT2D eigenvalue weighted by atomic mass is 32.2. The molecule has 1 rings (SSSR count). The van der Waals surface area contributed by atoms with Crippen molar-refractivity contribution in [3.63, 3.8) is 0 Å². The Bertz CT molecular complexity index is 469. The summed E-state index contributed by atoms with van der Waals surface area (Å²) in [5.74, 6) is -0.336. The van der Waals surface area contributed by atoms with Gasteiger partial charge in [0.2, 0.25) is 5.91 Å². The van der Waals surface area contributed by atoms with E-state index in [1.54, 1.807) is 11.4 Å². The minimum absolute atomic E-state index is 0.212. The van der Waals surface area contributed by atoms with Crippen LogP contribution in [0.4, 0.5) is 0 Å². The maximum atomic E-state index is 11.7. The van der Waals surface area contributed by atoms with E-state index in [0.717, 1.165) is 11.3 Å². The van der Waals surface area contributed by atoms with Crippen molar-refractivity contribution < 1.29 is 13.2 Å². The third-order valence-electron chi connectivity index (χ3n) is 2.06. The zero-order valence-corrected chi connectivity index (χ0v) is 12.0. The van der Waals surface area contributed by atoms with Gasteiger partial charge in [-0.3, -0.25) is 4.79 Å². The van der Waals surface area contributed by atoms with E-state index in [1.165, 1.54) is 6.07 Å². The number of nitrogens with one attached hydrogen (secondary N) is 2. The monoisotopic (exact) mass is 291 g/mol. The molecule has 2 N–H and O–H groups in total. The normalized spacial score (nSPS) is 11.7. The zero-order chi connectivity index (χ0) is 13.6. The Balaban J connectivity index is 2.35. The Morgan fingerprint density at radius 3 is 2.72 bits per heavy atom. The smallest absolute Gasteiger partial charge is 0.250 e. The number of nitrogens with zero attached hydrogens (tertiary/aromatic N) is 1. The fraction of sp³-hybridized carbons (Fsp3) is 0.500. The summed E-state index contributed by atoms with van der Waals surface area (Å²) >= 11 is 1.11. The van der Waals surface area contributed by atoms with Crippen molar-refractivity contribution in [2.45, 2.75) is 4.21 Å². The second-order valence-electron chi connectivity index (χ2n) is 3.91. The lowest BCUT2D eigenvalue weighted by molar-refractivity contribution is -0.119. The lowest BCUT2D eigenvalue weighted by atomic mass is 10.5. The van der Waals surface area contributed by atoms with Gasteiger partial charge in [0.1, 0.15) is 4.21 Å². The Hall–Kier alpha value is -0.960. The Morgan fingerprint density at radius 2 is 2.17 bits per heavy atom. The van der Waals surface area contributed by atoms with Crippen LogP contribution in [0, 0.1) is 0 Å². The van der Waals surface area contributed by atoms with Crippen molar-refractivity contribution >= 4 is 27.3 Å². The summed E-state index contributed by atoms with van der Waals surface area (Å²) < 4.78 is 25.8. The molecule has 18 heavy (non-hydrogen) atoms. The van der Waals surface area contributed by atoms with Crippen molar-refractivity contribution in [3.8, 4) is 0 Å². The number of hydrogen-bond donors (Lipinski definition) is 2. The minimum atomic E-state index is -3.56. The molecule has 0 radical (unpaired) electrons. The van der Waals surface area contributed by atoms with Crippen molar-refractivity contribution in [2.75, 3.05) is 33.7 Å².